The SMILES string of the molecule is C1=NCC(C=Nc2ccc3ncccc3c2)C1. The maximum atomic E-state index is 4.51. The van der Waals surface area contributed by atoms with Gasteiger partial charge in [-0.1, -0.05) is 6.07 Å². The van der Waals surface area contributed by atoms with Crippen LogP contribution in [0.5, 0.6) is 0 Å². The Labute approximate surface area is 99.9 Å². The van der Waals surface area contributed by atoms with E-state index in [-0.39, 0.29) is 0 Å². The average molecular weight is 223 g/mol. The molecule has 1 aromatic carbocycles. The molecule has 0 bridgehead atoms. The van der Waals surface area contributed by atoms with E-state index in [0.29, 0.717) is 5.92 Å². The molecule has 1 unspecified atom stereocenters. The summed E-state index contributed by atoms with van der Waals surface area (Å²) in [4.78, 5) is 13.0. The van der Waals surface area contributed by atoms with E-state index in [1.165, 1.54) is 0 Å². The van der Waals surface area contributed by atoms with E-state index in [4.69, 9.17) is 0 Å². The van der Waals surface area contributed by atoms with E-state index in [2.05, 4.69) is 27.1 Å². The van der Waals surface area contributed by atoms with Gasteiger partial charge in [0, 0.05) is 30.3 Å². The molecule has 17 heavy (non-hydrogen) atoms. The predicted octanol–water partition coefficient (Wildman–Crippen LogP) is 3.03. The lowest BCUT2D eigenvalue weighted by atomic mass is 10.1. The summed E-state index contributed by atoms with van der Waals surface area (Å²) in [6, 6.07) is 10.1. The number of aliphatic imine (C=N–C) groups is 2. The lowest BCUT2D eigenvalue weighted by Gasteiger charge is -2.00. The molecule has 0 fully saturated rings. The molecule has 84 valence electrons. The molecule has 1 aliphatic rings. The molecule has 0 saturated carbocycles. The van der Waals surface area contributed by atoms with Gasteiger partial charge in [0.05, 0.1) is 11.2 Å². The number of benzene rings is 1. The Kier molecular flexibility index (Phi) is 2.66. The van der Waals surface area contributed by atoms with Gasteiger partial charge in [0.15, 0.2) is 0 Å². The molecule has 0 aliphatic carbocycles. The van der Waals surface area contributed by atoms with Crippen LogP contribution in [0.3, 0.4) is 0 Å². The minimum Gasteiger partial charge on any atom is -0.297 e. The van der Waals surface area contributed by atoms with Gasteiger partial charge in [-0.2, -0.15) is 0 Å². The fraction of sp³-hybridized carbons (Fsp3) is 0.214. The number of fused-ring (bicyclic) bond motifs is 1. The van der Waals surface area contributed by atoms with Crippen molar-refractivity contribution in [3.63, 3.8) is 0 Å². The molecule has 3 heteroatoms. The van der Waals surface area contributed by atoms with Crippen molar-refractivity contribution < 1.29 is 0 Å². The Hall–Kier alpha value is -2.03. The molecule has 2 heterocycles. The van der Waals surface area contributed by atoms with Crippen LogP contribution in [0.4, 0.5) is 5.69 Å². The fourth-order valence-electron chi connectivity index (χ4n) is 1.94. The second-order valence-corrected chi connectivity index (χ2v) is 4.20. The molecule has 0 radical (unpaired) electrons. The highest BCUT2D eigenvalue weighted by atomic mass is 14.8. The molecule has 1 aliphatic heterocycles. The average Bonchev–Trinajstić information content (AvgIpc) is 2.89. The minimum absolute atomic E-state index is 0.472. The monoisotopic (exact) mass is 223 g/mol. The number of aromatic nitrogens is 1. The largest absolute Gasteiger partial charge is 0.297 e. The molecular formula is C14H13N3. The van der Waals surface area contributed by atoms with Crippen molar-refractivity contribution >= 4 is 29.0 Å². The maximum absolute atomic E-state index is 4.51. The standard InChI is InChI=1S/C14H13N3/c1-2-12-8-13(3-4-14(12)16-6-1)17-10-11-5-7-15-9-11/h1-4,6-8,10-11H,5,9H2. The summed E-state index contributed by atoms with van der Waals surface area (Å²) in [6.45, 7) is 0.874. The molecule has 1 aromatic heterocycles. The van der Waals surface area contributed by atoms with Gasteiger partial charge in [-0.25, -0.2) is 0 Å². The molecule has 0 saturated heterocycles. The van der Waals surface area contributed by atoms with Crippen molar-refractivity contribution in [3.05, 3.63) is 36.5 Å². The summed E-state index contributed by atoms with van der Waals surface area (Å²) in [5, 5.41) is 1.13. The quantitative estimate of drug-likeness (QED) is 0.721. The highest BCUT2D eigenvalue weighted by molar-refractivity contribution is 5.83. The second kappa shape index (κ2) is 4.45. The summed E-state index contributed by atoms with van der Waals surface area (Å²) in [5.41, 5.74) is 1.99. The van der Waals surface area contributed by atoms with Crippen molar-refractivity contribution in [2.75, 3.05) is 6.54 Å². The molecule has 1 atom stereocenters. The van der Waals surface area contributed by atoms with Gasteiger partial charge in [-0.15, -0.1) is 0 Å². The van der Waals surface area contributed by atoms with Crippen LogP contribution in [-0.2, 0) is 0 Å². The maximum Gasteiger partial charge on any atom is 0.0703 e. The fourth-order valence-corrected chi connectivity index (χ4v) is 1.94. The van der Waals surface area contributed by atoms with Gasteiger partial charge in [0.25, 0.3) is 0 Å². The van der Waals surface area contributed by atoms with Crippen LogP contribution in [0.2, 0.25) is 0 Å². The van der Waals surface area contributed by atoms with E-state index in [9.17, 15) is 0 Å². The molecule has 3 nitrogen and oxygen atoms in total. The van der Waals surface area contributed by atoms with Crippen molar-refractivity contribution in [1.82, 2.24) is 4.98 Å². The van der Waals surface area contributed by atoms with Crippen LogP contribution in [-0.4, -0.2) is 24.0 Å². The Morgan fingerprint density at radius 1 is 1.29 bits per heavy atom. The van der Waals surface area contributed by atoms with Crippen LogP contribution >= 0.6 is 0 Å². The van der Waals surface area contributed by atoms with E-state index in [1.807, 2.05) is 30.6 Å². The van der Waals surface area contributed by atoms with Crippen molar-refractivity contribution in [3.8, 4) is 0 Å². The van der Waals surface area contributed by atoms with E-state index in [0.717, 1.165) is 29.6 Å². The number of hydrogen-bond acceptors (Lipinski definition) is 3. The Morgan fingerprint density at radius 3 is 3.18 bits per heavy atom. The predicted molar refractivity (Wildman–Crippen MR) is 71.4 cm³/mol. The van der Waals surface area contributed by atoms with E-state index >= 15 is 0 Å². The van der Waals surface area contributed by atoms with Crippen LogP contribution < -0.4 is 0 Å². The summed E-state index contributed by atoms with van der Waals surface area (Å²) in [6.07, 6.45) is 6.80. The van der Waals surface area contributed by atoms with Gasteiger partial charge < -0.3 is 0 Å². The minimum atomic E-state index is 0.472. The zero-order valence-corrected chi connectivity index (χ0v) is 9.45. The Bertz CT molecular complexity index is 579. The van der Waals surface area contributed by atoms with Crippen LogP contribution in [0.1, 0.15) is 6.42 Å². The first-order valence-electron chi connectivity index (χ1n) is 5.79. The molecule has 0 N–H and O–H groups in total. The Balaban J connectivity index is 1.85. The van der Waals surface area contributed by atoms with Gasteiger partial charge in [0.1, 0.15) is 0 Å². The molecule has 2 aromatic rings. The van der Waals surface area contributed by atoms with Crippen LogP contribution in [0.25, 0.3) is 10.9 Å². The normalized spacial score (nSPS) is 19.4. The van der Waals surface area contributed by atoms with Crippen molar-refractivity contribution in [2.45, 2.75) is 6.42 Å². The van der Waals surface area contributed by atoms with Gasteiger partial charge >= 0.3 is 0 Å². The third kappa shape index (κ3) is 2.23. The summed E-state index contributed by atoms with van der Waals surface area (Å²) >= 11 is 0. The van der Waals surface area contributed by atoms with Gasteiger partial charge in [-0.3, -0.25) is 15.0 Å². The Morgan fingerprint density at radius 2 is 2.29 bits per heavy atom. The molecule has 3 rings (SSSR count). The van der Waals surface area contributed by atoms with Crippen LogP contribution in [0, 0.1) is 5.92 Å². The number of hydrogen-bond donors (Lipinski definition) is 0. The van der Waals surface area contributed by atoms with Crippen LogP contribution in [0.15, 0.2) is 46.5 Å². The first kappa shape index (κ1) is 10.1. The first-order chi connectivity index (χ1) is 8.42. The zero-order chi connectivity index (χ0) is 11.5. The lowest BCUT2D eigenvalue weighted by Crippen LogP contribution is -1.99. The smallest absolute Gasteiger partial charge is 0.0703 e. The number of pyridine rings is 1. The number of rotatable bonds is 2. The third-order valence-corrected chi connectivity index (χ3v) is 2.90. The number of nitrogens with zero attached hydrogens (tertiary/aromatic N) is 3. The zero-order valence-electron chi connectivity index (χ0n) is 9.45. The topological polar surface area (TPSA) is 37.6 Å². The first-order valence-corrected chi connectivity index (χ1v) is 5.79. The second-order valence-electron chi connectivity index (χ2n) is 4.20. The van der Waals surface area contributed by atoms with Gasteiger partial charge in [-0.05, 0) is 36.9 Å². The van der Waals surface area contributed by atoms with E-state index < -0.39 is 0 Å². The molecule has 0 spiro atoms. The van der Waals surface area contributed by atoms with Gasteiger partial charge in [0.2, 0.25) is 0 Å². The third-order valence-electron chi connectivity index (χ3n) is 2.90. The highest BCUT2D eigenvalue weighted by Gasteiger charge is 2.07. The summed E-state index contributed by atoms with van der Waals surface area (Å²) in [5.74, 6) is 0.472. The molecular weight excluding hydrogens is 210 g/mol. The highest BCUT2D eigenvalue weighted by Crippen LogP contribution is 2.19. The summed E-state index contributed by atoms with van der Waals surface area (Å²) < 4.78 is 0. The summed E-state index contributed by atoms with van der Waals surface area (Å²) in [7, 11) is 0. The van der Waals surface area contributed by atoms with Crippen molar-refractivity contribution in [2.24, 2.45) is 15.9 Å². The molecule has 0 amide bonds. The van der Waals surface area contributed by atoms with E-state index in [1.54, 1.807) is 6.20 Å². The lowest BCUT2D eigenvalue weighted by molar-refractivity contribution is 0.807. The van der Waals surface area contributed by atoms with Crippen molar-refractivity contribution in [1.29, 1.82) is 0 Å².